The zero-order valence-electron chi connectivity index (χ0n) is 8.78. The summed E-state index contributed by atoms with van der Waals surface area (Å²) in [6.07, 6.45) is 5.48. The predicted octanol–water partition coefficient (Wildman–Crippen LogP) is 0.762. The molecule has 0 saturated heterocycles. The van der Waals surface area contributed by atoms with Gasteiger partial charge in [-0.15, -0.1) is 24.0 Å². The second-order valence-corrected chi connectivity index (χ2v) is 4.05. The summed E-state index contributed by atoms with van der Waals surface area (Å²) >= 11 is 0. The Morgan fingerprint density at radius 2 is 1.80 bits per heavy atom. The van der Waals surface area contributed by atoms with E-state index in [0.717, 1.165) is 6.67 Å². The number of halogens is 1. The van der Waals surface area contributed by atoms with E-state index in [9.17, 15) is 0 Å². The number of hydrogen-bond acceptors (Lipinski definition) is 3. The molecule has 0 aromatic carbocycles. The first-order valence-corrected chi connectivity index (χ1v) is 5.80. The van der Waals surface area contributed by atoms with Gasteiger partial charge in [0.25, 0.3) is 0 Å². The standard InChI is InChI=1S/C7H14N2.HI.H3O4P/c1-3-4-9-6-5-8(2)7-9;;1-5(2,3)4/h5-6H,3-4,7H2,1-2H3;1H;(H3,1,2,3,4). The highest BCUT2D eigenvalue weighted by atomic mass is 127. The van der Waals surface area contributed by atoms with Gasteiger partial charge in [-0.3, -0.25) is 0 Å². The fraction of sp³-hybridized carbons (Fsp3) is 0.714. The van der Waals surface area contributed by atoms with Crippen molar-refractivity contribution in [3.8, 4) is 0 Å². The van der Waals surface area contributed by atoms with Crippen LogP contribution in [0.4, 0.5) is 0 Å². The fourth-order valence-electron chi connectivity index (χ4n) is 1.02. The van der Waals surface area contributed by atoms with E-state index in [0.29, 0.717) is 0 Å². The van der Waals surface area contributed by atoms with Crippen molar-refractivity contribution in [2.45, 2.75) is 13.3 Å². The van der Waals surface area contributed by atoms with Gasteiger partial charge in [0.15, 0.2) is 0 Å². The van der Waals surface area contributed by atoms with Crippen LogP contribution in [0.3, 0.4) is 0 Å². The van der Waals surface area contributed by atoms with E-state index in [2.05, 4.69) is 36.2 Å². The molecule has 1 rings (SSSR count). The van der Waals surface area contributed by atoms with Crippen LogP contribution in [-0.2, 0) is 4.57 Å². The number of phosphoric acid groups is 1. The third-order valence-electron chi connectivity index (χ3n) is 1.45. The van der Waals surface area contributed by atoms with Crippen molar-refractivity contribution in [1.29, 1.82) is 0 Å². The molecule has 1 heterocycles. The maximum absolute atomic E-state index is 8.88. The molecule has 0 bridgehead atoms. The monoisotopic (exact) mass is 352 g/mol. The molecular weight excluding hydrogens is 334 g/mol. The maximum Gasteiger partial charge on any atom is 0.466 e. The smallest absolute Gasteiger partial charge is 0.362 e. The minimum atomic E-state index is -4.64. The van der Waals surface area contributed by atoms with Crippen LogP contribution >= 0.6 is 31.8 Å². The first kappa shape index (κ1) is 17.6. The Labute approximate surface area is 107 Å². The minimum Gasteiger partial charge on any atom is -0.362 e. The molecular formula is C7H18IN2O4P. The van der Waals surface area contributed by atoms with Crippen LogP contribution in [0, 0.1) is 0 Å². The summed E-state index contributed by atoms with van der Waals surface area (Å²) < 4.78 is 8.88. The molecule has 0 saturated carbocycles. The van der Waals surface area contributed by atoms with E-state index in [-0.39, 0.29) is 24.0 Å². The Hall–Kier alpha value is 0.180. The third kappa shape index (κ3) is 14.2. The molecule has 0 amide bonds. The summed E-state index contributed by atoms with van der Waals surface area (Å²) in [6.45, 7) is 4.45. The molecule has 0 atom stereocenters. The predicted molar refractivity (Wildman–Crippen MR) is 68.4 cm³/mol. The van der Waals surface area contributed by atoms with Crippen molar-refractivity contribution in [3.05, 3.63) is 12.4 Å². The molecule has 0 aliphatic carbocycles. The highest BCUT2D eigenvalue weighted by Crippen LogP contribution is 2.25. The van der Waals surface area contributed by atoms with E-state index in [4.69, 9.17) is 19.2 Å². The van der Waals surface area contributed by atoms with Gasteiger partial charge in [-0.2, -0.15) is 0 Å². The zero-order valence-corrected chi connectivity index (χ0v) is 12.0. The van der Waals surface area contributed by atoms with Crippen molar-refractivity contribution < 1.29 is 19.2 Å². The summed E-state index contributed by atoms with van der Waals surface area (Å²) in [6, 6.07) is 0. The molecule has 1 aliphatic heterocycles. The second-order valence-electron chi connectivity index (χ2n) is 3.02. The molecule has 15 heavy (non-hydrogen) atoms. The highest BCUT2D eigenvalue weighted by Gasteiger charge is 2.04. The normalized spacial score (nSPS) is 14.5. The van der Waals surface area contributed by atoms with Gasteiger partial charge >= 0.3 is 7.82 Å². The molecule has 6 nitrogen and oxygen atoms in total. The maximum atomic E-state index is 8.88. The van der Waals surface area contributed by atoms with Crippen molar-refractivity contribution in [2.75, 3.05) is 20.3 Å². The number of nitrogens with zero attached hydrogens (tertiary/aromatic N) is 2. The molecule has 92 valence electrons. The number of hydrogen-bond donors (Lipinski definition) is 3. The average molecular weight is 352 g/mol. The van der Waals surface area contributed by atoms with Gasteiger partial charge in [0.1, 0.15) is 0 Å². The lowest BCUT2D eigenvalue weighted by atomic mass is 10.4. The van der Waals surface area contributed by atoms with Gasteiger partial charge in [-0.05, 0) is 6.42 Å². The summed E-state index contributed by atoms with van der Waals surface area (Å²) in [5, 5.41) is 0. The Morgan fingerprint density at radius 1 is 1.33 bits per heavy atom. The molecule has 3 N–H and O–H groups in total. The Morgan fingerprint density at radius 3 is 2.07 bits per heavy atom. The van der Waals surface area contributed by atoms with Gasteiger partial charge in [-0.1, -0.05) is 6.92 Å². The average Bonchev–Trinajstić information content (AvgIpc) is 2.32. The van der Waals surface area contributed by atoms with Gasteiger partial charge in [-0.25, -0.2) is 4.57 Å². The first-order chi connectivity index (χ1) is 6.33. The van der Waals surface area contributed by atoms with E-state index in [1.165, 1.54) is 13.0 Å². The summed E-state index contributed by atoms with van der Waals surface area (Å²) in [7, 11) is -2.55. The summed E-state index contributed by atoms with van der Waals surface area (Å²) in [5.74, 6) is 0. The third-order valence-corrected chi connectivity index (χ3v) is 1.45. The molecule has 0 fully saturated rings. The van der Waals surface area contributed by atoms with Crippen LogP contribution in [0.15, 0.2) is 12.4 Å². The zero-order chi connectivity index (χ0) is 11.2. The van der Waals surface area contributed by atoms with Crippen molar-refractivity contribution in [2.24, 2.45) is 0 Å². The lowest BCUT2D eigenvalue weighted by Gasteiger charge is -2.16. The van der Waals surface area contributed by atoms with Gasteiger partial charge < -0.3 is 24.5 Å². The summed E-state index contributed by atoms with van der Waals surface area (Å²) in [5.41, 5.74) is 0. The van der Waals surface area contributed by atoms with Crippen molar-refractivity contribution in [1.82, 2.24) is 9.80 Å². The van der Waals surface area contributed by atoms with Crippen LogP contribution < -0.4 is 0 Å². The molecule has 0 aromatic rings. The van der Waals surface area contributed by atoms with E-state index in [1.807, 2.05) is 0 Å². The van der Waals surface area contributed by atoms with Gasteiger partial charge in [0, 0.05) is 26.0 Å². The van der Waals surface area contributed by atoms with Crippen LogP contribution in [0.25, 0.3) is 0 Å². The molecule has 0 spiro atoms. The molecule has 8 heteroatoms. The first-order valence-electron chi connectivity index (χ1n) is 4.24. The van der Waals surface area contributed by atoms with E-state index >= 15 is 0 Å². The molecule has 0 radical (unpaired) electrons. The Bertz CT molecular complexity index is 225. The van der Waals surface area contributed by atoms with E-state index < -0.39 is 7.82 Å². The van der Waals surface area contributed by atoms with Crippen LogP contribution in [-0.4, -0.2) is 44.7 Å². The summed E-state index contributed by atoms with van der Waals surface area (Å²) in [4.78, 5) is 26.0. The topological polar surface area (TPSA) is 84.2 Å². The lowest BCUT2D eigenvalue weighted by molar-refractivity contribution is 0.275. The Kier molecular flexibility index (Phi) is 9.78. The molecule has 0 aromatic heterocycles. The largest absolute Gasteiger partial charge is 0.466 e. The SMILES string of the molecule is CCCN1C=CN(C)C1.I.O=P(O)(O)O. The lowest BCUT2D eigenvalue weighted by Crippen LogP contribution is -2.22. The molecule has 1 aliphatic rings. The second kappa shape index (κ2) is 8.35. The highest BCUT2D eigenvalue weighted by molar-refractivity contribution is 14.0. The minimum absolute atomic E-state index is 0. The van der Waals surface area contributed by atoms with Crippen molar-refractivity contribution >= 4 is 31.8 Å². The van der Waals surface area contributed by atoms with Gasteiger partial charge in [0.2, 0.25) is 0 Å². The van der Waals surface area contributed by atoms with Crippen LogP contribution in [0.2, 0.25) is 0 Å². The molecule has 0 unspecified atom stereocenters. The fourth-order valence-corrected chi connectivity index (χ4v) is 1.02. The Balaban J connectivity index is 0. The number of rotatable bonds is 2. The van der Waals surface area contributed by atoms with Crippen LogP contribution in [0.5, 0.6) is 0 Å². The van der Waals surface area contributed by atoms with Crippen LogP contribution in [0.1, 0.15) is 13.3 Å². The quantitative estimate of drug-likeness (QED) is 0.503. The van der Waals surface area contributed by atoms with Gasteiger partial charge in [0.05, 0.1) is 6.67 Å². The van der Waals surface area contributed by atoms with E-state index in [1.54, 1.807) is 0 Å². The van der Waals surface area contributed by atoms with Crippen molar-refractivity contribution in [3.63, 3.8) is 0 Å².